The smallest absolute Gasteiger partial charge is 0.370 e. The van der Waals surface area contributed by atoms with Crippen molar-refractivity contribution in [3.8, 4) is 0 Å². The number of imidazole rings is 1. The Bertz CT molecular complexity index is 1650. The van der Waals surface area contributed by atoms with Crippen LogP contribution in [0.25, 0.3) is 11.0 Å². The van der Waals surface area contributed by atoms with Crippen molar-refractivity contribution in [2.45, 2.75) is 38.4 Å². The first-order chi connectivity index (χ1) is 22.5. The average molecular weight is 691 g/mol. The largest absolute Gasteiger partial charge is 0.411 e. The van der Waals surface area contributed by atoms with E-state index in [2.05, 4.69) is 9.80 Å². The van der Waals surface area contributed by atoms with E-state index >= 15 is 0 Å². The molecule has 0 aliphatic carbocycles. The number of fused-ring (bicyclic) bond motifs is 1. The molecule has 1 amide bonds. The second kappa shape index (κ2) is 15.7. The van der Waals surface area contributed by atoms with Crippen LogP contribution in [0.3, 0.4) is 0 Å². The number of aryl methyl sites for hydroxylation is 1. The van der Waals surface area contributed by atoms with Crippen molar-refractivity contribution in [2.75, 3.05) is 64.4 Å². The van der Waals surface area contributed by atoms with E-state index in [0.29, 0.717) is 22.2 Å². The lowest BCUT2D eigenvalue weighted by Crippen LogP contribution is -2.35. The third kappa shape index (κ3) is 9.41. The van der Waals surface area contributed by atoms with Gasteiger partial charge in [-0.25, -0.2) is 4.98 Å². The van der Waals surface area contributed by atoms with Crippen LogP contribution in [0.15, 0.2) is 66.7 Å². The van der Waals surface area contributed by atoms with Crippen molar-refractivity contribution in [3.63, 3.8) is 0 Å². The van der Waals surface area contributed by atoms with E-state index in [9.17, 15) is 18.0 Å². The number of hydrogen-bond acceptors (Lipinski definition) is 5. The molecule has 4 aromatic rings. The molecule has 47 heavy (non-hydrogen) atoms. The first kappa shape index (κ1) is 35.0. The lowest BCUT2D eigenvalue weighted by molar-refractivity contribution is -0.174. The van der Waals surface area contributed by atoms with E-state index in [1.807, 2.05) is 79.2 Å². The van der Waals surface area contributed by atoms with E-state index in [4.69, 9.17) is 32.9 Å². The standard InChI is InChI=1S/C35H40Cl2F3N5O2/c1-25-8-10-26(11-9-25)33(46)42(2)23-28(27-12-13-29(36)30(37)22-27)14-17-43-15-5-16-44(19-18-43)34-41-31-6-3-4-7-32(31)45(34)20-21-47-24-35(38,39)40/h3-4,6-13,22,28H,5,14-21,23-24H2,1-2H3. The first-order valence-electron chi connectivity index (χ1n) is 15.8. The number of carbonyl (C=O) groups is 1. The molecule has 1 aliphatic rings. The van der Waals surface area contributed by atoms with Gasteiger partial charge < -0.3 is 24.0 Å². The maximum atomic E-state index is 13.3. The van der Waals surface area contributed by atoms with Gasteiger partial charge in [0.1, 0.15) is 6.61 Å². The van der Waals surface area contributed by atoms with Gasteiger partial charge in [0, 0.05) is 51.3 Å². The molecule has 0 bridgehead atoms. The fourth-order valence-electron chi connectivity index (χ4n) is 6.06. The Labute approximate surface area is 283 Å². The summed E-state index contributed by atoms with van der Waals surface area (Å²) in [6.45, 7) is 5.43. The van der Waals surface area contributed by atoms with Gasteiger partial charge in [0.05, 0.1) is 27.7 Å². The van der Waals surface area contributed by atoms with Crippen molar-refractivity contribution in [1.82, 2.24) is 19.4 Å². The third-order valence-electron chi connectivity index (χ3n) is 8.58. The second-order valence-corrected chi connectivity index (χ2v) is 12.9. The van der Waals surface area contributed by atoms with Crippen molar-refractivity contribution in [3.05, 3.63) is 93.5 Å². The highest BCUT2D eigenvalue weighted by atomic mass is 35.5. The predicted molar refractivity (Wildman–Crippen MR) is 182 cm³/mol. The molecule has 0 saturated carbocycles. The summed E-state index contributed by atoms with van der Waals surface area (Å²) >= 11 is 12.7. The van der Waals surface area contributed by atoms with Crippen LogP contribution < -0.4 is 4.90 Å². The van der Waals surface area contributed by atoms with Gasteiger partial charge in [-0.3, -0.25) is 4.79 Å². The van der Waals surface area contributed by atoms with Crippen LogP contribution in [-0.4, -0.2) is 91.0 Å². The SMILES string of the molecule is Cc1ccc(C(=O)N(C)CC(CCN2CCCN(c3nc4ccccc4n3CCOCC(F)(F)F)CC2)c2ccc(Cl)c(Cl)c2)cc1. The Hall–Kier alpha value is -3.31. The number of rotatable bonds is 12. The van der Waals surface area contributed by atoms with Gasteiger partial charge >= 0.3 is 6.18 Å². The number of likely N-dealkylation sites (N-methyl/N-ethyl adjacent to an activating group) is 1. The minimum Gasteiger partial charge on any atom is -0.370 e. The fraction of sp³-hybridized carbons (Fsp3) is 0.429. The number of halogens is 5. The summed E-state index contributed by atoms with van der Waals surface area (Å²) in [5.74, 6) is 0.741. The van der Waals surface area contributed by atoms with Crippen LogP contribution in [0.2, 0.25) is 10.0 Å². The normalized spacial score (nSPS) is 15.2. The molecule has 0 radical (unpaired) electrons. The number of aromatic nitrogens is 2. The number of amides is 1. The minimum atomic E-state index is -4.36. The summed E-state index contributed by atoms with van der Waals surface area (Å²) in [4.78, 5) is 24.6. The molecule has 7 nitrogen and oxygen atoms in total. The number of carbonyl (C=O) groups excluding carboxylic acids is 1. The number of hydrogen-bond donors (Lipinski definition) is 0. The quantitative estimate of drug-likeness (QED) is 0.143. The Kier molecular flexibility index (Phi) is 11.7. The number of anilines is 1. The Balaban J connectivity index is 1.25. The second-order valence-electron chi connectivity index (χ2n) is 12.1. The summed E-state index contributed by atoms with van der Waals surface area (Å²) < 4.78 is 44.9. The molecule has 12 heteroatoms. The molecule has 1 fully saturated rings. The van der Waals surface area contributed by atoms with Gasteiger partial charge in [0.15, 0.2) is 0 Å². The third-order valence-corrected chi connectivity index (χ3v) is 9.32. The maximum Gasteiger partial charge on any atom is 0.411 e. The molecule has 1 saturated heterocycles. The van der Waals surface area contributed by atoms with Crippen LogP contribution in [0.1, 0.15) is 40.2 Å². The number of para-hydroxylation sites is 2. The zero-order valence-corrected chi connectivity index (χ0v) is 28.2. The first-order valence-corrected chi connectivity index (χ1v) is 16.6. The summed E-state index contributed by atoms with van der Waals surface area (Å²) in [6.07, 6.45) is -2.66. The molecular weight excluding hydrogens is 650 g/mol. The molecule has 5 rings (SSSR count). The van der Waals surface area contributed by atoms with Crippen LogP contribution in [0.5, 0.6) is 0 Å². The van der Waals surface area contributed by atoms with E-state index in [0.717, 1.165) is 73.7 Å². The predicted octanol–water partition coefficient (Wildman–Crippen LogP) is 7.69. The van der Waals surface area contributed by atoms with Crippen molar-refractivity contribution in [1.29, 1.82) is 0 Å². The highest BCUT2D eigenvalue weighted by Gasteiger charge is 2.28. The van der Waals surface area contributed by atoms with Crippen molar-refractivity contribution in [2.24, 2.45) is 0 Å². The summed E-state index contributed by atoms with van der Waals surface area (Å²) in [5, 5.41) is 0.975. The summed E-state index contributed by atoms with van der Waals surface area (Å²) in [6, 6.07) is 20.9. The monoisotopic (exact) mass is 689 g/mol. The topological polar surface area (TPSA) is 53.8 Å². The van der Waals surface area contributed by atoms with Gasteiger partial charge in [-0.15, -0.1) is 0 Å². The van der Waals surface area contributed by atoms with Gasteiger partial charge in [0.25, 0.3) is 5.91 Å². The van der Waals surface area contributed by atoms with Crippen molar-refractivity contribution < 1.29 is 22.7 Å². The zero-order valence-electron chi connectivity index (χ0n) is 26.6. The van der Waals surface area contributed by atoms with Gasteiger partial charge in [-0.1, -0.05) is 59.1 Å². The molecule has 252 valence electrons. The fourth-order valence-corrected chi connectivity index (χ4v) is 6.37. The molecule has 2 heterocycles. The molecule has 0 spiro atoms. The molecule has 1 atom stereocenters. The highest BCUT2D eigenvalue weighted by molar-refractivity contribution is 6.42. The van der Waals surface area contributed by atoms with Crippen LogP contribution >= 0.6 is 23.2 Å². The van der Waals surface area contributed by atoms with E-state index in [1.54, 1.807) is 11.0 Å². The summed E-state index contributed by atoms with van der Waals surface area (Å²) in [5.41, 5.74) is 4.44. The van der Waals surface area contributed by atoms with Gasteiger partial charge in [-0.2, -0.15) is 13.2 Å². The van der Waals surface area contributed by atoms with Gasteiger partial charge in [-0.05, 0) is 74.8 Å². The van der Waals surface area contributed by atoms with Gasteiger partial charge in [0.2, 0.25) is 5.95 Å². The summed E-state index contributed by atoms with van der Waals surface area (Å²) in [7, 11) is 1.83. The molecular formula is C35H40Cl2F3N5O2. The van der Waals surface area contributed by atoms with Crippen LogP contribution in [0, 0.1) is 6.92 Å². The zero-order chi connectivity index (χ0) is 33.6. The van der Waals surface area contributed by atoms with Crippen molar-refractivity contribution >= 4 is 46.1 Å². The van der Waals surface area contributed by atoms with Crippen LogP contribution in [-0.2, 0) is 11.3 Å². The number of ether oxygens (including phenoxy) is 1. The van der Waals surface area contributed by atoms with E-state index < -0.39 is 12.8 Å². The average Bonchev–Trinajstić information content (AvgIpc) is 3.24. The van der Waals surface area contributed by atoms with Crippen LogP contribution in [0.4, 0.5) is 19.1 Å². The van der Waals surface area contributed by atoms with E-state index in [1.165, 1.54) is 0 Å². The maximum absolute atomic E-state index is 13.3. The highest BCUT2D eigenvalue weighted by Crippen LogP contribution is 2.30. The molecule has 1 unspecified atom stereocenters. The number of nitrogens with zero attached hydrogens (tertiary/aromatic N) is 5. The molecule has 1 aromatic heterocycles. The lowest BCUT2D eigenvalue weighted by atomic mass is 9.94. The number of alkyl halides is 3. The minimum absolute atomic E-state index is 0.0319. The number of benzene rings is 3. The molecule has 3 aromatic carbocycles. The molecule has 1 aliphatic heterocycles. The Morgan fingerprint density at radius 3 is 2.49 bits per heavy atom. The Morgan fingerprint density at radius 1 is 0.979 bits per heavy atom. The molecule has 0 N–H and O–H groups in total. The Morgan fingerprint density at radius 2 is 1.74 bits per heavy atom. The lowest BCUT2D eigenvalue weighted by Gasteiger charge is -2.28. The van der Waals surface area contributed by atoms with E-state index in [-0.39, 0.29) is 25.0 Å².